The Kier molecular flexibility index (Phi) is 4.46. The second-order valence-corrected chi connectivity index (χ2v) is 8.07. The highest BCUT2D eigenvalue weighted by Crippen LogP contribution is 2.43. The molecule has 0 radical (unpaired) electrons. The van der Waals surface area contributed by atoms with E-state index in [4.69, 9.17) is 0 Å². The Bertz CT molecular complexity index is 514. The van der Waals surface area contributed by atoms with Gasteiger partial charge in [-0.25, -0.2) is 0 Å². The summed E-state index contributed by atoms with van der Waals surface area (Å²) >= 11 is 0. The van der Waals surface area contributed by atoms with Crippen LogP contribution in [0.2, 0.25) is 0 Å². The molecule has 1 N–H and O–H groups in total. The summed E-state index contributed by atoms with van der Waals surface area (Å²) in [6, 6.07) is 8.59. The maximum absolute atomic E-state index is 11.3. The van der Waals surface area contributed by atoms with Crippen molar-refractivity contribution < 1.29 is 9.90 Å². The van der Waals surface area contributed by atoms with E-state index in [0.29, 0.717) is 17.8 Å². The van der Waals surface area contributed by atoms with E-state index in [0.717, 1.165) is 5.56 Å². The number of hydrogen-bond donors (Lipinski definition) is 1. The number of benzene rings is 1. The normalized spacial score (nSPS) is 22.0. The number of rotatable bonds is 4. The first-order chi connectivity index (χ1) is 9.70. The lowest BCUT2D eigenvalue weighted by Crippen LogP contribution is -2.26. The van der Waals surface area contributed by atoms with Gasteiger partial charge in [0, 0.05) is 0 Å². The maximum Gasteiger partial charge on any atom is 0.309 e. The molecule has 1 aliphatic carbocycles. The minimum atomic E-state index is -0.730. The molecule has 2 rings (SSSR count). The van der Waals surface area contributed by atoms with Crippen LogP contribution in [0.4, 0.5) is 0 Å². The van der Waals surface area contributed by atoms with Crippen LogP contribution < -0.4 is 0 Å². The van der Waals surface area contributed by atoms with Crippen molar-refractivity contribution >= 4 is 5.97 Å². The van der Waals surface area contributed by atoms with E-state index < -0.39 is 11.4 Å². The fourth-order valence-electron chi connectivity index (χ4n) is 3.53. The first kappa shape index (κ1) is 16.1. The number of aliphatic carboxylic acids is 1. The van der Waals surface area contributed by atoms with Crippen molar-refractivity contribution in [1.29, 1.82) is 0 Å². The summed E-state index contributed by atoms with van der Waals surface area (Å²) in [5.74, 6) is -0.103. The Morgan fingerprint density at radius 2 is 2.10 bits per heavy atom. The van der Waals surface area contributed by atoms with E-state index in [2.05, 4.69) is 38.1 Å². The Labute approximate surface area is 128 Å². The van der Waals surface area contributed by atoms with Crippen LogP contribution in [0, 0.1) is 10.8 Å². The van der Waals surface area contributed by atoms with Crippen molar-refractivity contribution in [1.82, 2.24) is 0 Å². The van der Waals surface area contributed by atoms with Crippen molar-refractivity contribution in [2.75, 3.05) is 0 Å². The van der Waals surface area contributed by atoms with Crippen LogP contribution in [0.25, 0.3) is 0 Å². The molecule has 1 aromatic rings. The number of carboxylic acid groups (broad SMARTS) is 1. The van der Waals surface area contributed by atoms with Crippen LogP contribution in [0.1, 0.15) is 70.4 Å². The zero-order chi connectivity index (χ0) is 15.7. The molecule has 21 heavy (non-hydrogen) atoms. The topological polar surface area (TPSA) is 37.3 Å². The summed E-state index contributed by atoms with van der Waals surface area (Å²) in [5.41, 5.74) is 2.26. The Balaban J connectivity index is 2.16. The van der Waals surface area contributed by atoms with Gasteiger partial charge in [0.05, 0.1) is 5.41 Å². The summed E-state index contributed by atoms with van der Waals surface area (Å²) in [6.45, 7) is 8.31. The standard InChI is InChI=1S/C19H28O2/c1-18(2)10-6-9-16(13-18)15-8-5-7-14(11-15)12-19(3,4)17(20)21/h5,7-8,11,16H,6,9-10,12-13H2,1-4H3,(H,20,21). The second-order valence-electron chi connectivity index (χ2n) is 8.07. The molecule has 1 aliphatic rings. The molecule has 2 heteroatoms. The zero-order valence-electron chi connectivity index (χ0n) is 13.8. The molecule has 0 bridgehead atoms. The van der Waals surface area contributed by atoms with Crippen molar-refractivity contribution in [3.05, 3.63) is 35.4 Å². The second kappa shape index (κ2) is 5.82. The van der Waals surface area contributed by atoms with Gasteiger partial charge in [0.1, 0.15) is 0 Å². The Hall–Kier alpha value is -1.31. The fraction of sp³-hybridized carbons (Fsp3) is 0.632. The molecule has 116 valence electrons. The summed E-state index contributed by atoms with van der Waals surface area (Å²) in [4.78, 5) is 11.3. The largest absolute Gasteiger partial charge is 0.481 e. The maximum atomic E-state index is 11.3. The minimum Gasteiger partial charge on any atom is -0.481 e. The van der Waals surface area contributed by atoms with Gasteiger partial charge in [-0.2, -0.15) is 0 Å². The lowest BCUT2D eigenvalue weighted by Gasteiger charge is -2.35. The SMILES string of the molecule is CC1(C)CCCC(c2cccc(CC(C)(C)C(=O)O)c2)C1. The van der Waals surface area contributed by atoms with Crippen molar-refractivity contribution in [3.8, 4) is 0 Å². The van der Waals surface area contributed by atoms with Crippen molar-refractivity contribution in [2.45, 2.75) is 65.7 Å². The third kappa shape index (κ3) is 4.09. The van der Waals surface area contributed by atoms with Gasteiger partial charge in [-0.05, 0) is 62.0 Å². The van der Waals surface area contributed by atoms with Crippen LogP contribution in [0.5, 0.6) is 0 Å². The smallest absolute Gasteiger partial charge is 0.309 e. The van der Waals surface area contributed by atoms with Gasteiger partial charge in [-0.1, -0.05) is 44.5 Å². The molecule has 1 aromatic carbocycles. The van der Waals surface area contributed by atoms with Crippen LogP contribution in [-0.2, 0) is 11.2 Å². The molecule has 0 saturated heterocycles. The average molecular weight is 288 g/mol. The van der Waals surface area contributed by atoms with Crippen LogP contribution in [0.3, 0.4) is 0 Å². The first-order valence-electron chi connectivity index (χ1n) is 8.02. The molecule has 0 spiro atoms. The van der Waals surface area contributed by atoms with E-state index in [9.17, 15) is 9.90 Å². The molecule has 2 nitrogen and oxygen atoms in total. The summed E-state index contributed by atoms with van der Waals surface area (Å²) in [5, 5.41) is 9.29. The monoisotopic (exact) mass is 288 g/mol. The molecular formula is C19H28O2. The van der Waals surface area contributed by atoms with Crippen molar-refractivity contribution in [3.63, 3.8) is 0 Å². The van der Waals surface area contributed by atoms with Crippen LogP contribution in [0.15, 0.2) is 24.3 Å². The lowest BCUT2D eigenvalue weighted by molar-refractivity contribution is -0.146. The van der Waals surface area contributed by atoms with Gasteiger partial charge in [-0.3, -0.25) is 4.79 Å². The van der Waals surface area contributed by atoms with Gasteiger partial charge in [0.2, 0.25) is 0 Å². The van der Waals surface area contributed by atoms with E-state index >= 15 is 0 Å². The predicted molar refractivity (Wildman–Crippen MR) is 86.6 cm³/mol. The Morgan fingerprint density at radius 3 is 2.71 bits per heavy atom. The summed E-state index contributed by atoms with van der Waals surface area (Å²) < 4.78 is 0. The van der Waals surface area contributed by atoms with Gasteiger partial charge in [-0.15, -0.1) is 0 Å². The molecule has 0 amide bonds. The molecule has 0 aromatic heterocycles. The van der Waals surface area contributed by atoms with Crippen molar-refractivity contribution in [2.24, 2.45) is 10.8 Å². The quantitative estimate of drug-likeness (QED) is 0.844. The molecule has 1 fully saturated rings. The highest BCUT2D eigenvalue weighted by Gasteiger charge is 2.30. The highest BCUT2D eigenvalue weighted by atomic mass is 16.4. The van der Waals surface area contributed by atoms with E-state index in [1.807, 2.05) is 0 Å². The average Bonchev–Trinajstić information content (AvgIpc) is 2.37. The fourth-order valence-corrected chi connectivity index (χ4v) is 3.53. The number of carbonyl (C=O) groups is 1. The zero-order valence-corrected chi connectivity index (χ0v) is 13.8. The van der Waals surface area contributed by atoms with Gasteiger partial charge < -0.3 is 5.11 Å². The van der Waals surface area contributed by atoms with Gasteiger partial charge >= 0.3 is 5.97 Å². The third-order valence-electron chi connectivity index (χ3n) is 4.85. The Morgan fingerprint density at radius 1 is 1.38 bits per heavy atom. The third-order valence-corrected chi connectivity index (χ3v) is 4.85. The van der Waals surface area contributed by atoms with E-state index in [1.165, 1.54) is 31.2 Å². The van der Waals surface area contributed by atoms with E-state index in [-0.39, 0.29) is 0 Å². The van der Waals surface area contributed by atoms with Crippen LogP contribution >= 0.6 is 0 Å². The molecule has 1 unspecified atom stereocenters. The van der Waals surface area contributed by atoms with Gasteiger partial charge in [0.25, 0.3) is 0 Å². The first-order valence-corrected chi connectivity index (χ1v) is 8.02. The molecule has 0 heterocycles. The van der Waals surface area contributed by atoms with Gasteiger partial charge in [0.15, 0.2) is 0 Å². The highest BCUT2D eigenvalue weighted by molar-refractivity contribution is 5.74. The molecule has 1 atom stereocenters. The lowest BCUT2D eigenvalue weighted by atomic mass is 9.70. The molecule has 0 aliphatic heterocycles. The molecular weight excluding hydrogens is 260 g/mol. The van der Waals surface area contributed by atoms with Crippen LogP contribution in [-0.4, -0.2) is 11.1 Å². The minimum absolute atomic E-state index is 0.430. The predicted octanol–water partition coefficient (Wildman–Crippen LogP) is 5.02. The summed E-state index contributed by atoms with van der Waals surface area (Å²) in [6.07, 6.45) is 5.69. The summed E-state index contributed by atoms with van der Waals surface area (Å²) in [7, 11) is 0. The van der Waals surface area contributed by atoms with E-state index in [1.54, 1.807) is 13.8 Å². The number of carboxylic acids is 1. The number of hydrogen-bond acceptors (Lipinski definition) is 1. The molecule has 1 saturated carbocycles.